The Labute approximate surface area is 253 Å². The van der Waals surface area contributed by atoms with E-state index in [-0.39, 0.29) is 24.5 Å². The molecule has 10 nitrogen and oxygen atoms in total. The highest BCUT2D eigenvalue weighted by Crippen LogP contribution is 2.26. The minimum absolute atomic E-state index is 0.0582. The lowest BCUT2D eigenvalue weighted by molar-refractivity contribution is -0.159. The van der Waals surface area contributed by atoms with E-state index in [2.05, 4.69) is 23.3 Å². The van der Waals surface area contributed by atoms with Crippen molar-refractivity contribution in [2.24, 2.45) is 0 Å². The molecule has 3 unspecified atom stereocenters. The second-order valence-electron chi connectivity index (χ2n) is 11.8. The first-order chi connectivity index (χ1) is 19.5. The van der Waals surface area contributed by atoms with E-state index in [1.807, 2.05) is 30.3 Å². The molecular formula is C31H43N3O7S. The Hall–Kier alpha value is -3.73. The SMILES string of the molecule is CCN(C(=O)C(CS)NC(=O)OC(C)(C)C)C(C(=O)NC(Cc1ccccc1)C(=O)OC(C)(C)C)c1cccc(O)c1. The minimum Gasteiger partial charge on any atom is -0.508 e. The van der Waals surface area contributed by atoms with Gasteiger partial charge in [-0.2, -0.15) is 12.6 Å². The standard InChI is InChI=1S/C31H43N3O7S/c1-8-34(27(37)24(19-42)33-29(39)41-31(5,6)7)25(21-15-12-16-22(35)18-21)26(36)32-23(28(38)40-30(2,3)4)17-20-13-10-9-11-14-20/h9-16,18,23-25,35,42H,8,17,19H2,1-7H3,(H,32,36)(H,33,39). The Morgan fingerprint density at radius 2 is 1.50 bits per heavy atom. The van der Waals surface area contributed by atoms with E-state index in [4.69, 9.17) is 9.47 Å². The van der Waals surface area contributed by atoms with E-state index < -0.39 is 53.2 Å². The quantitative estimate of drug-likeness (QED) is 0.224. The maximum absolute atomic E-state index is 14.0. The number of benzene rings is 2. The van der Waals surface area contributed by atoms with Gasteiger partial charge in [-0.25, -0.2) is 9.59 Å². The van der Waals surface area contributed by atoms with Crippen molar-refractivity contribution in [3.8, 4) is 5.75 Å². The number of amides is 3. The fraction of sp³-hybridized carbons (Fsp3) is 0.484. The zero-order chi connectivity index (χ0) is 31.7. The number of hydrogen-bond donors (Lipinski definition) is 4. The summed E-state index contributed by atoms with van der Waals surface area (Å²) in [4.78, 5) is 54.8. The van der Waals surface area contributed by atoms with Crippen LogP contribution in [0, 0.1) is 0 Å². The third-order valence-electron chi connectivity index (χ3n) is 5.83. The summed E-state index contributed by atoms with van der Waals surface area (Å²) in [6, 6.07) is 11.6. The van der Waals surface area contributed by atoms with Gasteiger partial charge < -0.3 is 30.1 Å². The number of phenols is 1. The normalized spacial score (nSPS) is 13.7. The lowest BCUT2D eigenvalue weighted by atomic mass is 10.0. The monoisotopic (exact) mass is 601 g/mol. The largest absolute Gasteiger partial charge is 0.508 e. The van der Waals surface area contributed by atoms with Gasteiger partial charge in [0.25, 0.3) is 0 Å². The molecule has 0 aliphatic rings. The summed E-state index contributed by atoms with van der Waals surface area (Å²) in [6.45, 7) is 12.0. The number of likely N-dealkylation sites (N-methyl/N-ethyl adjacent to an activating group) is 1. The fourth-order valence-electron chi connectivity index (χ4n) is 4.14. The number of nitrogens with one attached hydrogen (secondary N) is 2. The summed E-state index contributed by atoms with van der Waals surface area (Å²) in [5, 5.41) is 15.5. The van der Waals surface area contributed by atoms with Crippen molar-refractivity contribution in [1.82, 2.24) is 15.5 Å². The average Bonchev–Trinajstić information content (AvgIpc) is 2.88. The Balaban J connectivity index is 2.47. The first-order valence-corrected chi connectivity index (χ1v) is 14.4. The summed E-state index contributed by atoms with van der Waals surface area (Å²) >= 11 is 4.26. The molecule has 0 saturated heterocycles. The lowest BCUT2D eigenvalue weighted by Crippen LogP contribution is -2.55. The average molecular weight is 602 g/mol. The molecule has 0 aliphatic carbocycles. The first-order valence-electron chi connectivity index (χ1n) is 13.8. The van der Waals surface area contributed by atoms with Crippen LogP contribution in [0.15, 0.2) is 54.6 Å². The van der Waals surface area contributed by atoms with Gasteiger partial charge in [0.1, 0.15) is 35.1 Å². The number of phenolic OH excluding ortho intramolecular Hbond substituents is 1. The van der Waals surface area contributed by atoms with Crippen molar-refractivity contribution < 1.29 is 33.8 Å². The van der Waals surface area contributed by atoms with Crippen LogP contribution < -0.4 is 10.6 Å². The number of ether oxygens (including phenoxy) is 2. The van der Waals surface area contributed by atoms with Crippen LogP contribution >= 0.6 is 12.6 Å². The molecule has 0 saturated carbocycles. The highest BCUT2D eigenvalue weighted by atomic mass is 32.1. The van der Waals surface area contributed by atoms with Crippen LogP contribution in [-0.4, -0.2) is 69.5 Å². The molecule has 230 valence electrons. The molecule has 42 heavy (non-hydrogen) atoms. The smallest absolute Gasteiger partial charge is 0.408 e. The van der Waals surface area contributed by atoms with Crippen LogP contribution in [0.3, 0.4) is 0 Å². The van der Waals surface area contributed by atoms with Gasteiger partial charge in [-0.1, -0.05) is 42.5 Å². The van der Waals surface area contributed by atoms with Gasteiger partial charge in [-0.3, -0.25) is 9.59 Å². The Morgan fingerprint density at radius 1 is 0.881 bits per heavy atom. The van der Waals surface area contributed by atoms with Gasteiger partial charge >= 0.3 is 12.1 Å². The predicted molar refractivity (Wildman–Crippen MR) is 163 cm³/mol. The second-order valence-corrected chi connectivity index (χ2v) is 12.2. The summed E-state index contributed by atoms with van der Waals surface area (Å²) in [6.07, 6.45) is -0.662. The van der Waals surface area contributed by atoms with Gasteiger partial charge in [0.2, 0.25) is 11.8 Å². The van der Waals surface area contributed by atoms with Crippen molar-refractivity contribution >= 4 is 36.5 Å². The highest BCUT2D eigenvalue weighted by molar-refractivity contribution is 7.80. The van der Waals surface area contributed by atoms with Crippen molar-refractivity contribution in [3.05, 3.63) is 65.7 Å². The number of carbonyl (C=O) groups excluding carboxylic acids is 4. The van der Waals surface area contributed by atoms with Crippen LogP contribution in [0.5, 0.6) is 5.75 Å². The third kappa shape index (κ3) is 10.9. The van der Waals surface area contributed by atoms with E-state index in [1.54, 1.807) is 60.6 Å². The van der Waals surface area contributed by atoms with Crippen LogP contribution in [0.2, 0.25) is 0 Å². The number of alkyl carbamates (subject to hydrolysis) is 1. The molecule has 0 heterocycles. The van der Waals surface area contributed by atoms with Gasteiger partial charge in [-0.15, -0.1) is 0 Å². The van der Waals surface area contributed by atoms with E-state index >= 15 is 0 Å². The van der Waals surface area contributed by atoms with Gasteiger partial charge in [0.05, 0.1) is 0 Å². The van der Waals surface area contributed by atoms with Crippen molar-refractivity contribution in [1.29, 1.82) is 0 Å². The predicted octanol–water partition coefficient (Wildman–Crippen LogP) is 4.17. The molecule has 11 heteroatoms. The van der Waals surface area contributed by atoms with Gasteiger partial charge in [-0.05, 0) is 71.7 Å². The number of nitrogens with zero attached hydrogens (tertiary/aromatic N) is 1. The molecule has 2 aromatic rings. The Bertz CT molecular complexity index is 1230. The van der Waals surface area contributed by atoms with Crippen LogP contribution in [0.4, 0.5) is 4.79 Å². The highest BCUT2D eigenvalue weighted by Gasteiger charge is 2.37. The van der Waals surface area contributed by atoms with Crippen LogP contribution in [-0.2, 0) is 30.3 Å². The lowest BCUT2D eigenvalue weighted by Gasteiger charge is -2.34. The zero-order valence-electron chi connectivity index (χ0n) is 25.3. The van der Waals surface area contributed by atoms with E-state index in [0.29, 0.717) is 5.56 Å². The number of esters is 1. The van der Waals surface area contributed by atoms with E-state index in [0.717, 1.165) is 5.56 Å². The molecular weight excluding hydrogens is 558 g/mol. The zero-order valence-corrected chi connectivity index (χ0v) is 26.2. The fourth-order valence-corrected chi connectivity index (χ4v) is 4.38. The summed E-state index contributed by atoms with van der Waals surface area (Å²) in [5.74, 6) is -2.09. The Kier molecular flexibility index (Phi) is 12.3. The number of hydrogen-bond acceptors (Lipinski definition) is 8. The van der Waals surface area contributed by atoms with Crippen molar-refractivity contribution in [2.45, 2.75) is 84.2 Å². The molecule has 0 spiro atoms. The van der Waals surface area contributed by atoms with Crippen LogP contribution in [0.25, 0.3) is 0 Å². The molecule has 3 N–H and O–H groups in total. The topological polar surface area (TPSA) is 134 Å². The molecule has 2 aromatic carbocycles. The second kappa shape index (κ2) is 14.9. The Morgan fingerprint density at radius 3 is 2.02 bits per heavy atom. The molecule has 0 fully saturated rings. The maximum Gasteiger partial charge on any atom is 0.408 e. The van der Waals surface area contributed by atoms with Crippen molar-refractivity contribution in [3.63, 3.8) is 0 Å². The molecule has 3 atom stereocenters. The maximum atomic E-state index is 14.0. The molecule has 2 rings (SSSR count). The first kappa shape index (κ1) is 34.5. The molecule has 3 amide bonds. The minimum atomic E-state index is -1.27. The van der Waals surface area contributed by atoms with Gasteiger partial charge in [0, 0.05) is 18.7 Å². The third-order valence-corrected chi connectivity index (χ3v) is 6.20. The molecule has 0 aliphatic heterocycles. The van der Waals surface area contributed by atoms with Gasteiger partial charge in [0.15, 0.2) is 0 Å². The molecule has 0 radical (unpaired) electrons. The van der Waals surface area contributed by atoms with Crippen molar-refractivity contribution in [2.75, 3.05) is 12.3 Å². The van der Waals surface area contributed by atoms with Crippen LogP contribution in [0.1, 0.15) is 65.6 Å². The number of aromatic hydroxyl groups is 1. The summed E-state index contributed by atoms with van der Waals surface area (Å²) < 4.78 is 10.9. The number of thiol groups is 1. The van der Waals surface area contributed by atoms with E-state index in [9.17, 15) is 24.3 Å². The molecule has 0 aromatic heterocycles. The molecule has 0 bridgehead atoms. The van der Waals surface area contributed by atoms with E-state index in [1.165, 1.54) is 17.0 Å². The summed E-state index contributed by atoms with van der Waals surface area (Å²) in [5.41, 5.74) is -0.499. The number of carbonyl (C=O) groups is 4. The number of rotatable bonds is 11. The summed E-state index contributed by atoms with van der Waals surface area (Å²) in [7, 11) is 0.